The molecule has 0 aliphatic carbocycles. The van der Waals surface area contributed by atoms with Gasteiger partial charge < -0.3 is 15.0 Å². The van der Waals surface area contributed by atoms with Crippen LogP contribution in [-0.2, 0) is 22.6 Å². The Labute approximate surface area is 207 Å². The van der Waals surface area contributed by atoms with Gasteiger partial charge in [-0.15, -0.1) is 0 Å². The molecule has 0 radical (unpaired) electrons. The molecule has 0 fully saturated rings. The fraction of sp³-hybridized carbons (Fsp3) is 0.231. The highest BCUT2D eigenvalue weighted by Gasteiger charge is 2.30. The van der Waals surface area contributed by atoms with Gasteiger partial charge in [0.2, 0.25) is 5.91 Å². The smallest absolute Gasteiger partial charge is 0.261 e. The molecule has 0 bridgehead atoms. The molecular formula is C26H26BrClN2O3. The zero-order valence-electron chi connectivity index (χ0n) is 18.3. The lowest BCUT2D eigenvalue weighted by atomic mass is 10.0. The van der Waals surface area contributed by atoms with Crippen LogP contribution in [0.4, 0.5) is 0 Å². The summed E-state index contributed by atoms with van der Waals surface area (Å²) in [6.45, 7) is 2.42. The number of likely N-dealkylation sites (N-methyl/N-ethyl adjacent to an activating group) is 1. The van der Waals surface area contributed by atoms with Crippen LogP contribution in [0.2, 0.25) is 5.02 Å². The van der Waals surface area contributed by atoms with Crippen molar-refractivity contribution in [2.45, 2.75) is 25.9 Å². The van der Waals surface area contributed by atoms with Crippen LogP contribution in [0, 0.1) is 0 Å². The van der Waals surface area contributed by atoms with Gasteiger partial charge in [0, 0.05) is 29.0 Å². The summed E-state index contributed by atoms with van der Waals surface area (Å²) in [6, 6.07) is 23.5. The Morgan fingerprint density at radius 1 is 1.00 bits per heavy atom. The molecule has 7 heteroatoms. The van der Waals surface area contributed by atoms with Gasteiger partial charge in [0.15, 0.2) is 6.61 Å². The lowest BCUT2D eigenvalue weighted by Crippen LogP contribution is -2.51. The van der Waals surface area contributed by atoms with Crippen LogP contribution in [0.3, 0.4) is 0 Å². The monoisotopic (exact) mass is 528 g/mol. The molecule has 3 aromatic carbocycles. The van der Waals surface area contributed by atoms with Gasteiger partial charge in [0.25, 0.3) is 5.91 Å². The van der Waals surface area contributed by atoms with Gasteiger partial charge in [0.05, 0.1) is 0 Å². The maximum absolute atomic E-state index is 13.4. The highest BCUT2D eigenvalue weighted by atomic mass is 79.9. The average molecular weight is 530 g/mol. The second-order valence-corrected chi connectivity index (χ2v) is 8.85. The third-order valence-electron chi connectivity index (χ3n) is 5.04. The number of nitrogens with zero attached hydrogens (tertiary/aromatic N) is 1. The van der Waals surface area contributed by atoms with Crippen molar-refractivity contribution in [3.8, 4) is 5.75 Å². The van der Waals surface area contributed by atoms with Crippen LogP contribution in [0.1, 0.15) is 18.1 Å². The Kier molecular flexibility index (Phi) is 9.34. The zero-order chi connectivity index (χ0) is 23.6. The van der Waals surface area contributed by atoms with E-state index in [4.69, 9.17) is 16.3 Å². The van der Waals surface area contributed by atoms with Crippen LogP contribution < -0.4 is 10.1 Å². The lowest BCUT2D eigenvalue weighted by molar-refractivity contribution is -0.142. The van der Waals surface area contributed by atoms with Crippen molar-refractivity contribution in [3.05, 3.63) is 99.5 Å². The molecule has 0 aliphatic rings. The summed E-state index contributed by atoms with van der Waals surface area (Å²) in [5, 5.41) is 3.47. The quantitative estimate of drug-likeness (QED) is 0.390. The number of hydrogen-bond donors (Lipinski definition) is 1. The first-order valence-corrected chi connectivity index (χ1v) is 11.9. The molecule has 0 saturated carbocycles. The molecule has 3 rings (SSSR count). The van der Waals surface area contributed by atoms with Gasteiger partial charge in [-0.3, -0.25) is 9.59 Å². The van der Waals surface area contributed by atoms with E-state index in [1.54, 1.807) is 29.2 Å². The first-order valence-electron chi connectivity index (χ1n) is 10.7. The van der Waals surface area contributed by atoms with Crippen molar-refractivity contribution in [1.29, 1.82) is 0 Å². The molecule has 0 heterocycles. The Bertz CT molecular complexity index is 1060. The van der Waals surface area contributed by atoms with Crippen molar-refractivity contribution >= 4 is 39.3 Å². The SMILES string of the molecule is CCNC(=O)[C@H](Cc1ccccc1)N(Cc1cccc(Br)c1)C(=O)COc1ccc(Cl)cc1. The largest absolute Gasteiger partial charge is 0.484 e. The first kappa shape index (κ1) is 24.8. The summed E-state index contributed by atoms with van der Waals surface area (Å²) in [5.74, 6) is 0.0566. The van der Waals surface area contributed by atoms with Crippen LogP contribution in [-0.4, -0.2) is 35.9 Å². The van der Waals surface area contributed by atoms with E-state index in [-0.39, 0.29) is 25.0 Å². The summed E-state index contributed by atoms with van der Waals surface area (Å²) in [4.78, 5) is 28.1. The number of benzene rings is 3. The molecule has 1 N–H and O–H groups in total. The molecule has 0 aliphatic heterocycles. The highest BCUT2D eigenvalue weighted by Crippen LogP contribution is 2.19. The van der Waals surface area contributed by atoms with Crippen molar-refractivity contribution in [3.63, 3.8) is 0 Å². The maximum Gasteiger partial charge on any atom is 0.261 e. The van der Waals surface area contributed by atoms with E-state index in [0.717, 1.165) is 15.6 Å². The zero-order valence-corrected chi connectivity index (χ0v) is 20.7. The molecular weight excluding hydrogens is 504 g/mol. The van der Waals surface area contributed by atoms with Crippen LogP contribution in [0.15, 0.2) is 83.3 Å². The molecule has 2 amide bonds. The summed E-state index contributed by atoms with van der Waals surface area (Å²) in [5.41, 5.74) is 1.88. The van der Waals surface area contributed by atoms with E-state index in [0.29, 0.717) is 23.7 Å². The number of hydrogen-bond acceptors (Lipinski definition) is 3. The van der Waals surface area contributed by atoms with Gasteiger partial charge in [-0.25, -0.2) is 0 Å². The summed E-state index contributed by atoms with van der Waals surface area (Å²) in [7, 11) is 0. The third kappa shape index (κ3) is 7.62. The Balaban J connectivity index is 1.88. The topological polar surface area (TPSA) is 58.6 Å². The van der Waals surface area contributed by atoms with Crippen LogP contribution in [0.25, 0.3) is 0 Å². The molecule has 1 atom stereocenters. The third-order valence-corrected chi connectivity index (χ3v) is 5.79. The molecule has 0 saturated heterocycles. The van der Waals surface area contributed by atoms with Crippen molar-refractivity contribution in [1.82, 2.24) is 10.2 Å². The number of amides is 2. The van der Waals surface area contributed by atoms with E-state index in [2.05, 4.69) is 21.2 Å². The minimum Gasteiger partial charge on any atom is -0.484 e. The number of rotatable bonds is 10. The average Bonchev–Trinajstić information content (AvgIpc) is 2.81. The molecule has 5 nitrogen and oxygen atoms in total. The normalized spacial score (nSPS) is 11.5. The molecule has 3 aromatic rings. The lowest BCUT2D eigenvalue weighted by Gasteiger charge is -2.31. The number of carbonyl (C=O) groups is 2. The van der Waals surface area contributed by atoms with Crippen LogP contribution in [0.5, 0.6) is 5.75 Å². The number of carbonyl (C=O) groups excluding carboxylic acids is 2. The van der Waals surface area contributed by atoms with E-state index in [9.17, 15) is 9.59 Å². The van der Waals surface area contributed by atoms with E-state index in [1.807, 2.05) is 61.5 Å². The summed E-state index contributed by atoms with van der Waals surface area (Å²) < 4.78 is 6.62. The fourth-order valence-corrected chi connectivity index (χ4v) is 4.01. The van der Waals surface area contributed by atoms with Crippen LogP contribution >= 0.6 is 27.5 Å². The van der Waals surface area contributed by atoms with E-state index in [1.165, 1.54) is 0 Å². The molecule has 0 unspecified atom stereocenters. The second-order valence-electron chi connectivity index (χ2n) is 7.49. The maximum atomic E-state index is 13.4. The van der Waals surface area contributed by atoms with Gasteiger partial charge in [0.1, 0.15) is 11.8 Å². The van der Waals surface area contributed by atoms with Crippen molar-refractivity contribution in [2.75, 3.05) is 13.2 Å². The minimum atomic E-state index is -0.687. The van der Waals surface area contributed by atoms with Gasteiger partial charge in [-0.2, -0.15) is 0 Å². The Morgan fingerprint density at radius 2 is 1.70 bits per heavy atom. The highest BCUT2D eigenvalue weighted by molar-refractivity contribution is 9.10. The predicted octanol–water partition coefficient (Wildman–Crippen LogP) is 5.26. The number of nitrogens with one attached hydrogen (secondary N) is 1. The van der Waals surface area contributed by atoms with Gasteiger partial charge in [-0.1, -0.05) is 70.0 Å². The van der Waals surface area contributed by atoms with E-state index >= 15 is 0 Å². The fourth-order valence-electron chi connectivity index (χ4n) is 3.44. The van der Waals surface area contributed by atoms with Gasteiger partial charge >= 0.3 is 0 Å². The predicted molar refractivity (Wildman–Crippen MR) is 134 cm³/mol. The number of ether oxygens (including phenoxy) is 1. The van der Waals surface area contributed by atoms with Crippen molar-refractivity contribution in [2.24, 2.45) is 0 Å². The standard InChI is InChI=1S/C26H26BrClN2O3/c1-2-29-26(32)24(16-19-7-4-3-5-8-19)30(17-20-9-6-10-21(27)15-20)25(31)18-33-23-13-11-22(28)12-14-23/h3-15,24H,2,16-18H2,1H3,(H,29,32)/t24-/m0/s1. The minimum absolute atomic E-state index is 0.194. The number of halogens is 2. The van der Waals surface area contributed by atoms with Gasteiger partial charge in [-0.05, 0) is 54.4 Å². The Hall–Kier alpha value is -2.83. The van der Waals surface area contributed by atoms with Crippen molar-refractivity contribution < 1.29 is 14.3 Å². The first-order chi connectivity index (χ1) is 16.0. The summed E-state index contributed by atoms with van der Waals surface area (Å²) in [6.07, 6.45) is 0.396. The summed E-state index contributed by atoms with van der Waals surface area (Å²) >= 11 is 9.41. The molecule has 0 spiro atoms. The van der Waals surface area contributed by atoms with E-state index < -0.39 is 6.04 Å². The molecule has 172 valence electrons. The molecule has 0 aromatic heterocycles. The second kappa shape index (κ2) is 12.4. The molecule has 33 heavy (non-hydrogen) atoms. The Morgan fingerprint density at radius 3 is 2.36 bits per heavy atom.